The van der Waals surface area contributed by atoms with Crippen molar-refractivity contribution in [1.82, 2.24) is 9.21 Å². The van der Waals surface area contributed by atoms with E-state index in [1.807, 2.05) is 25.3 Å². The van der Waals surface area contributed by atoms with E-state index < -0.39 is 10.0 Å². The molecule has 0 unspecified atom stereocenters. The first kappa shape index (κ1) is 25.3. The lowest BCUT2D eigenvalue weighted by atomic mass is 10.0. The summed E-state index contributed by atoms with van der Waals surface area (Å²) in [6.07, 6.45) is 1.30. The van der Waals surface area contributed by atoms with E-state index in [-0.39, 0.29) is 42.4 Å². The highest BCUT2D eigenvalue weighted by molar-refractivity contribution is 7.89. The topological polar surface area (TPSA) is 66.9 Å². The molecule has 0 saturated carbocycles. The summed E-state index contributed by atoms with van der Waals surface area (Å²) in [6, 6.07) is 14.1. The van der Waals surface area contributed by atoms with E-state index in [1.54, 1.807) is 52.6 Å². The fourth-order valence-electron chi connectivity index (χ4n) is 4.22. The van der Waals surface area contributed by atoms with Crippen molar-refractivity contribution in [3.63, 3.8) is 0 Å². The molecule has 1 amide bonds. The quantitative estimate of drug-likeness (QED) is 0.410. The average Bonchev–Trinajstić information content (AvgIpc) is 3.32. The SMILES string of the molecule is CCCN(CC(=O)N1CCc2sccc2[C@@H]1COc1ccc(F)cc1)S(=O)(=O)c1ccc(C)cc1. The lowest BCUT2D eigenvalue weighted by Crippen LogP contribution is -2.48. The minimum atomic E-state index is -3.82. The van der Waals surface area contributed by atoms with Crippen molar-refractivity contribution in [2.24, 2.45) is 0 Å². The average molecular weight is 517 g/mol. The summed E-state index contributed by atoms with van der Waals surface area (Å²) in [4.78, 5) is 16.6. The van der Waals surface area contributed by atoms with Crippen molar-refractivity contribution < 1.29 is 22.3 Å². The second kappa shape index (κ2) is 10.9. The van der Waals surface area contributed by atoms with Crippen LogP contribution in [0.25, 0.3) is 0 Å². The lowest BCUT2D eigenvalue weighted by molar-refractivity contribution is -0.135. The molecule has 1 aromatic heterocycles. The molecule has 1 aliphatic heterocycles. The minimum Gasteiger partial charge on any atom is -0.491 e. The zero-order valence-corrected chi connectivity index (χ0v) is 21.4. The number of aryl methyl sites for hydroxylation is 1. The zero-order valence-electron chi connectivity index (χ0n) is 19.8. The highest BCUT2D eigenvalue weighted by Gasteiger charge is 2.35. The van der Waals surface area contributed by atoms with Gasteiger partial charge in [0.05, 0.1) is 17.5 Å². The molecule has 0 bridgehead atoms. The van der Waals surface area contributed by atoms with Crippen LogP contribution in [0.1, 0.15) is 35.4 Å². The van der Waals surface area contributed by atoms with E-state index in [9.17, 15) is 17.6 Å². The largest absolute Gasteiger partial charge is 0.491 e. The van der Waals surface area contributed by atoms with Crippen LogP contribution in [0.4, 0.5) is 4.39 Å². The second-order valence-corrected chi connectivity index (χ2v) is 11.5. The van der Waals surface area contributed by atoms with Crippen LogP contribution < -0.4 is 4.74 Å². The van der Waals surface area contributed by atoms with Gasteiger partial charge in [0, 0.05) is 18.0 Å². The number of ether oxygens (including phenoxy) is 1. The van der Waals surface area contributed by atoms with E-state index in [0.717, 1.165) is 11.1 Å². The molecule has 9 heteroatoms. The third-order valence-corrected chi connectivity index (χ3v) is 8.94. The maximum atomic E-state index is 13.5. The fourth-order valence-corrected chi connectivity index (χ4v) is 6.62. The molecule has 2 heterocycles. The van der Waals surface area contributed by atoms with Crippen molar-refractivity contribution in [3.8, 4) is 5.75 Å². The van der Waals surface area contributed by atoms with Gasteiger partial charge in [-0.3, -0.25) is 4.79 Å². The molecular weight excluding hydrogens is 487 g/mol. The Morgan fingerprint density at radius 1 is 1.14 bits per heavy atom. The van der Waals surface area contributed by atoms with Crippen LogP contribution >= 0.6 is 11.3 Å². The van der Waals surface area contributed by atoms with Crippen LogP contribution in [-0.2, 0) is 21.2 Å². The lowest BCUT2D eigenvalue weighted by Gasteiger charge is -2.37. The molecule has 0 radical (unpaired) electrons. The Labute approximate surface area is 210 Å². The number of thiophene rings is 1. The van der Waals surface area contributed by atoms with E-state index in [0.29, 0.717) is 25.1 Å². The molecular formula is C26H29FN2O4S2. The number of sulfonamides is 1. The van der Waals surface area contributed by atoms with Gasteiger partial charge in [-0.2, -0.15) is 4.31 Å². The molecule has 0 spiro atoms. The summed E-state index contributed by atoms with van der Waals surface area (Å²) in [5.41, 5.74) is 1.98. The summed E-state index contributed by atoms with van der Waals surface area (Å²) >= 11 is 1.64. The Morgan fingerprint density at radius 3 is 2.54 bits per heavy atom. The van der Waals surface area contributed by atoms with Crippen molar-refractivity contribution >= 4 is 27.3 Å². The first-order valence-corrected chi connectivity index (χ1v) is 13.9. The Morgan fingerprint density at radius 2 is 1.86 bits per heavy atom. The maximum Gasteiger partial charge on any atom is 0.243 e. The molecule has 186 valence electrons. The molecule has 4 rings (SSSR count). The second-order valence-electron chi connectivity index (χ2n) is 8.57. The van der Waals surface area contributed by atoms with Gasteiger partial charge < -0.3 is 9.64 Å². The first-order chi connectivity index (χ1) is 16.8. The third kappa shape index (κ3) is 5.74. The molecule has 0 N–H and O–H groups in total. The third-order valence-electron chi connectivity index (χ3n) is 6.08. The van der Waals surface area contributed by atoms with Gasteiger partial charge in [0.2, 0.25) is 15.9 Å². The van der Waals surface area contributed by atoms with Crippen molar-refractivity contribution in [1.29, 1.82) is 0 Å². The molecule has 2 aromatic carbocycles. The van der Waals surface area contributed by atoms with Crippen molar-refractivity contribution in [2.75, 3.05) is 26.2 Å². The van der Waals surface area contributed by atoms with Gasteiger partial charge in [-0.25, -0.2) is 12.8 Å². The number of nitrogens with zero attached hydrogens (tertiary/aromatic N) is 2. The molecule has 0 fully saturated rings. The molecule has 0 saturated heterocycles. The predicted molar refractivity (Wildman–Crippen MR) is 135 cm³/mol. The number of hydrogen-bond acceptors (Lipinski definition) is 5. The Kier molecular flexibility index (Phi) is 7.88. The summed E-state index contributed by atoms with van der Waals surface area (Å²) in [6.45, 7) is 4.47. The monoisotopic (exact) mass is 516 g/mol. The summed E-state index contributed by atoms with van der Waals surface area (Å²) in [5.74, 6) is -0.104. The van der Waals surface area contributed by atoms with E-state index in [4.69, 9.17) is 4.74 Å². The number of halogens is 1. The summed E-state index contributed by atoms with van der Waals surface area (Å²) < 4.78 is 47.1. The van der Waals surface area contributed by atoms with Crippen LogP contribution in [-0.4, -0.2) is 49.8 Å². The number of carbonyl (C=O) groups is 1. The smallest absolute Gasteiger partial charge is 0.243 e. The van der Waals surface area contributed by atoms with Crippen molar-refractivity contribution in [3.05, 3.63) is 81.8 Å². The highest BCUT2D eigenvalue weighted by atomic mass is 32.2. The van der Waals surface area contributed by atoms with Gasteiger partial charge in [-0.05, 0) is 73.2 Å². The standard InChI is InChI=1S/C26H29FN2O4S2/c1-3-14-28(35(31,32)22-10-4-19(2)5-11-22)17-26(30)29-15-12-25-23(13-16-34-25)24(29)18-33-21-8-6-20(27)7-9-21/h4-11,13,16,24H,3,12,14-15,17-18H2,1-2H3/t24-/m0/s1. The van der Waals surface area contributed by atoms with E-state index >= 15 is 0 Å². The Hall–Kier alpha value is -2.75. The molecule has 1 aliphatic rings. The van der Waals surface area contributed by atoms with Crippen LogP contribution in [0.3, 0.4) is 0 Å². The van der Waals surface area contributed by atoms with Crippen LogP contribution in [0.5, 0.6) is 5.75 Å². The first-order valence-electron chi connectivity index (χ1n) is 11.6. The van der Waals surface area contributed by atoms with Crippen LogP contribution in [0.15, 0.2) is 64.9 Å². The number of fused-ring (bicyclic) bond motifs is 1. The number of amides is 1. The number of rotatable bonds is 9. The number of carbonyl (C=O) groups excluding carboxylic acids is 1. The van der Waals surface area contributed by atoms with Crippen LogP contribution in [0.2, 0.25) is 0 Å². The molecule has 1 atom stereocenters. The van der Waals surface area contributed by atoms with E-state index in [1.165, 1.54) is 21.3 Å². The fraction of sp³-hybridized carbons (Fsp3) is 0.346. The van der Waals surface area contributed by atoms with Crippen LogP contribution in [0, 0.1) is 12.7 Å². The van der Waals surface area contributed by atoms with Gasteiger partial charge in [-0.1, -0.05) is 24.6 Å². The van der Waals surface area contributed by atoms with Gasteiger partial charge in [0.25, 0.3) is 0 Å². The summed E-state index contributed by atoms with van der Waals surface area (Å²) in [5, 5.41) is 1.99. The van der Waals surface area contributed by atoms with Gasteiger partial charge in [0.1, 0.15) is 18.2 Å². The number of hydrogen-bond donors (Lipinski definition) is 0. The molecule has 0 aliphatic carbocycles. The van der Waals surface area contributed by atoms with Gasteiger partial charge in [0.15, 0.2) is 0 Å². The molecule has 3 aromatic rings. The summed E-state index contributed by atoms with van der Waals surface area (Å²) in [7, 11) is -3.82. The van der Waals surface area contributed by atoms with Gasteiger partial charge >= 0.3 is 0 Å². The zero-order chi connectivity index (χ0) is 25.0. The minimum absolute atomic E-state index is 0.180. The van der Waals surface area contributed by atoms with Gasteiger partial charge in [-0.15, -0.1) is 11.3 Å². The Balaban J connectivity index is 1.55. The van der Waals surface area contributed by atoms with E-state index in [2.05, 4.69) is 0 Å². The maximum absolute atomic E-state index is 13.5. The normalized spacial score (nSPS) is 15.8. The highest BCUT2D eigenvalue weighted by Crippen LogP contribution is 2.34. The predicted octanol–water partition coefficient (Wildman–Crippen LogP) is 4.80. The Bertz CT molecular complexity index is 1260. The molecule has 6 nitrogen and oxygen atoms in total. The number of benzene rings is 2. The molecule has 35 heavy (non-hydrogen) atoms. The van der Waals surface area contributed by atoms with Crippen molar-refractivity contribution in [2.45, 2.75) is 37.6 Å².